The molecule has 1 saturated heterocycles. The summed E-state index contributed by atoms with van der Waals surface area (Å²) in [6.07, 6.45) is 9.05. The van der Waals surface area contributed by atoms with Gasteiger partial charge in [-0.3, -0.25) is 0 Å². The summed E-state index contributed by atoms with van der Waals surface area (Å²) in [5.41, 5.74) is 0. The Kier molecular flexibility index (Phi) is 4.81. The van der Waals surface area contributed by atoms with E-state index < -0.39 is 0 Å². The van der Waals surface area contributed by atoms with Crippen LogP contribution in [0.1, 0.15) is 44.9 Å². The molecular formula is C18H26ClN3O2. The van der Waals surface area contributed by atoms with Crippen LogP contribution in [0.2, 0.25) is 5.15 Å². The van der Waals surface area contributed by atoms with Crippen molar-refractivity contribution in [2.24, 2.45) is 11.8 Å². The second-order valence-corrected chi connectivity index (χ2v) is 7.95. The lowest BCUT2D eigenvalue weighted by atomic mass is 9.70. The molecule has 6 heteroatoms. The van der Waals surface area contributed by atoms with Gasteiger partial charge in [0, 0.05) is 25.6 Å². The van der Waals surface area contributed by atoms with Crippen LogP contribution in [0.5, 0.6) is 5.88 Å². The molecule has 1 unspecified atom stereocenters. The molecule has 1 aromatic rings. The van der Waals surface area contributed by atoms with E-state index in [1.54, 1.807) is 6.07 Å². The molecule has 0 amide bonds. The molecule has 132 valence electrons. The van der Waals surface area contributed by atoms with Crippen LogP contribution >= 0.6 is 11.6 Å². The van der Waals surface area contributed by atoms with Crippen molar-refractivity contribution in [1.29, 1.82) is 0 Å². The number of nitrogens with zero attached hydrogens (tertiary/aromatic N) is 3. The average molecular weight is 352 g/mol. The Balaban J connectivity index is 1.48. The van der Waals surface area contributed by atoms with Crippen molar-refractivity contribution in [3.05, 3.63) is 11.2 Å². The topological polar surface area (TPSA) is 47.5 Å². The van der Waals surface area contributed by atoms with E-state index in [1.807, 2.05) is 0 Å². The van der Waals surface area contributed by atoms with Gasteiger partial charge in [-0.15, -0.1) is 0 Å². The third-order valence-electron chi connectivity index (χ3n) is 5.80. The Labute approximate surface area is 148 Å². The molecular weight excluding hydrogens is 326 g/mol. The first-order valence-corrected chi connectivity index (χ1v) is 9.57. The van der Waals surface area contributed by atoms with Gasteiger partial charge in [-0.1, -0.05) is 30.9 Å². The van der Waals surface area contributed by atoms with Crippen LogP contribution in [0, 0.1) is 11.8 Å². The lowest BCUT2D eigenvalue weighted by Gasteiger charge is -2.42. The second kappa shape index (κ2) is 7.04. The summed E-state index contributed by atoms with van der Waals surface area (Å²) in [5, 5.41) is 0.441. The van der Waals surface area contributed by atoms with Crippen LogP contribution in [0.25, 0.3) is 0 Å². The van der Waals surface area contributed by atoms with Crippen molar-refractivity contribution in [3.8, 4) is 5.88 Å². The van der Waals surface area contributed by atoms with Gasteiger partial charge in [0.25, 0.3) is 0 Å². The van der Waals surface area contributed by atoms with Crippen LogP contribution in [0.3, 0.4) is 0 Å². The highest BCUT2D eigenvalue weighted by Crippen LogP contribution is 2.41. The summed E-state index contributed by atoms with van der Waals surface area (Å²) in [7, 11) is 2.10. The minimum absolute atomic E-state index is 0.0724. The van der Waals surface area contributed by atoms with Gasteiger partial charge < -0.3 is 14.4 Å². The van der Waals surface area contributed by atoms with Crippen molar-refractivity contribution in [1.82, 2.24) is 9.97 Å². The first kappa shape index (κ1) is 16.4. The van der Waals surface area contributed by atoms with E-state index in [1.165, 1.54) is 38.5 Å². The number of rotatable bonds is 4. The standard InChI is InChI=1S/C18H26ClN3O2/c1-22(14-8-12-3-2-4-13(7-12)9-14)18-20-16(19)10-17(21-18)24-15-5-6-23-11-15/h10,12-15H,2-9,11H2,1H3/t12-,13+,14?,15-/m0/s1. The van der Waals surface area contributed by atoms with E-state index in [0.29, 0.717) is 29.6 Å². The zero-order valence-electron chi connectivity index (χ0n) is 14.3. The van der Waals surface area contributed by atoms with Crippen LogP contribution < -0.4 is 9.64 Å². The number of hydrogen-bond acceptors (Lipinski definition) is 5. The predicted octanol–water partition coefficient (Wildman–Crippen LogP) is 3.70. The Morgan fingerprint density at radius 2 is 1.96 bits per heavy atom. The lowest BCUT2D eigenvalue weighted by Crippen LogP contribution is -2.41. The van der Waals surface area contributed by atoms with Gasteiger partial charge in [0.1, 0.15) is 11.3 Å². The normalized spacial score (nSPS) is 32.6. The molecule has 24 heavy (non-hydrogen) atoms. The van der Waals surface area contributed by atoms with Crippen LogP contribution in [-0.4, -0.2) is 42.4 Å². The zero-order chi connectivity index (χ0) is 16.5. The molecule has 2 bridgehead atoms. The highest BCUT2D eigenvalue weighted by molar-refractivity contribution is 6.29. The SMILES string of the molecule is CN(c1nc(Cl)cc(O[C@H]2CCOC2)n1)C1C[C@H]2CCC[C@@H](C1)C2. The van der Waals surface area contributed by atoms with Crippen LogP contribution in [0.4, 0.5) is 5.95 Å². The number of hydrogen-bond donors (Lipinski definition) is 0. The molecule has 2 aliphatic carbocycles. The number of ether oxygens (including phenoxy) is 2. The summed E-state index contributed by atoms with van der Waals surface area (Å²) in [6.45, 7) is 1.37. The minimum atomic E-state index is 0.0724. The Hall–Kier alpha value is -1.07. The van der Waals surface area contributed by atoms with Gasteiger partial charge in [0.15, 0.2) is 0 Å². The van der Waals surface area contributed by atoms with Crippen molar-refractivity contribution in [3.63, 3.8) is 0 Å². The maximum atomic E-state index is 6.23. The lowest BCUT2D eigenvalue weighted by molar-refractivity contribution is 0.138. The third kappa shape index (κ3) is 3.62. The summed E-state index contributed by atoms with van der Waals surface area (Å²) in [5.74, 6) is 2.98. The summed E-state index contributed by atoms with van der Waals surface area (Å²) in [4.78, 5) is 11.3. The van der Waals surface area contributed by atoms with Gasteiger partial charge in [0.2, 0.25) is 11.8 Å². The van der Waals surface area contributed by atoms with E-state index >= 15 is 0 Å². The van der Waals surface area contributed by atoms with E-state index in [9.17, 15) is 0 Å². The zero-order valence-corrected chi connectivity index (χ0v) is 15.0. The molecule has 2 saturated carbocycles. The fraction of sp³-hybridized carbons (Fsp3) is 0.778. The average Bonchev–Trinajstić information content (AvgIpc) is 3.06. The summed E-state index contributed by atoms with van der Waals surface area (Å²) in [6, 6.07) is 2.21. The molecule has 0 radical (unpaired) electrons. The Bertz CT molecular complexity index is 567. The van der Waals surface area contributed by atoms with Gasteiger partial charge in [0.05, 0.1) is 13.2 Å². The van der Waals surface area contributed by atoms with Gasteiger partial charge in [-0.05, 0) is 31.1 Å². The molecule has 1 aromatic heterocycles. The molecule has 1 aliphatic heterocycles. The van der Waals surface area contributed by atoms with Crippen LogP contribution in [0.15, 0.2) is 6.07 Å². The highest BCUT2D eigenvalue weighted by atomic mass is 35.5. The van der Waals surface area contributed by atoms with E-state index in [0.717, 1.165) is 24.9 Å². The van der Waals surface area contributed by atoms with E-state index in [4.69, 9.17) is 21.1 Å². The van der Waals surface area contributed by atoms with Crippen molar-refractivity contribution in [2.75, 3.05) is 25.2 Å². The first-order valence-electron chi connectivity index (χ1n) is 9.19. The molecule has 0 spiro atoms. The van der Waals surface area contributed by atoms with E-state index in [-0.39, 0.29) is 6.10 Å². The number of fused-ring (bicyclic) bond motifs is 2. The van der Waals surface area contributed by atoms with Gasteiger partial charge in [-0.25, -0.2) is 4.98 Å². The fourth-order valence-corrected chi connectivity index (χ4v) is 4.72. The Morgan fingerprint density at radius 1 is 1.17 bits per heavy atom. The molecule has 0 aromatic carbocycles. The third-order valence-corrected chi connectivity index (χ3v) is 5.99. The maximum absolute atomic E-state index is 6.23. The number of anilines is 1. The highest BCUT2D eigenvalue weighted by Gasteiger charge is 2.34. The fourth-order valence-electron chi connectivity index (χ4n) is 4.56. The van der Waals surface area contributed by atoms with E-state index in [2.05, 4.69) is 21.9 Å². The molecule has 4 rings (SSSR count). The summed E-state index contributed by atoms with van der Waals surface area (Å²) >= 11 is 6.23. The summed E-state index contributed by atoms with van der Waals surface area (Å²) < 4.78 is 11.3. The second-order valence-electron chi connectivity index (χ2n) is 7.57. The molecule has 5 nitrogen and oxygen atoms in total. The maximum Gasteiger partial charge on any atom is 0.230 e. The predicted molar refractivity (Wildman–Crippen MR) is 93.8 cm³/mol. The number of aromatic nitrogens is 2. The minimum Gasteiger partial charge on any atom is -0.472 e. The smallest absolute Gasteiger partial charge is 0.230 e. The molecule has 2 heterocycles. The number of halogens is 1. The van der Waals surface area contributed by atoms with Crippen molar-refractivity contribution < 1.29 is 9.47 Å². The molecule has 4 atom stereocenters. The molecule has 3 fully saturated rings. The largest absolute Gasteiger partial charge is 0.472 e. The van der Waals surface area contributed by atoms with Crippen LogP contribution in [-0.2, 0) is 4.74 Å². The van der Waals surface area contributed by atoms with Gasteiger partial charge >= 0.3 is 0 Å². The van der Waals surface area contributed by atoms with Crippen molar-refractivity contribution >= 4 is 17.5 Å². The Morgan fingerprint density at radius 3 is 2.67 bits per heavy atom. The molecule has 3 aliphatic rings. The van der Waals surface area contributed by atoms with Crippen molar-refractivity contribution in [2.45, 2.75) is 57.1 Å². The quantitative estimate of drug-likeness (QED) is 0.774. The van der Waals surface area contributed by atoms with Gasteiger partial charge in [-0.2, -0.15) is 4.98 Å². The molecule has 0 N–H and O–H groups in total. The monoisotopic (exact) mass is 351 g/mol. The first-order chi connectivity index (χ1) is 11.7.